The van der Waals surface area contributed by atoms with Gasteiger partial charge in [0.1, 0.15) is 11.2 Å². The maximum atomic E-state index is 12.9. The standard InChI is InChI=1S/C19H14N4O2S/c1-11-22-16(17(26-11)12-6-3-2-4-7-12)19(25)23-14-9-5-8-13-15(14)20-10-21-18(13)24/h2-10H,1H3,(H,23,25)(H,20,21,24). The van der Waals surface area contributed by atoms with Gasteiger partial charge in [-0.25, -0.2) is 9.97 Å². The van der Waals surface area contributed by atoms with Gasteiger partial charge < -0.3 is 10.3 Å². The van der Waals surface area contributed by atoms with E-state index in [9.17, 15) is 9.59 Å². The monoisotopic (exact) mass is 362 g/mol. The minimum atomic E-state index is -0.331. The van der Waals surface area contributed by atoms with Gasteiger partial charge in [0.15, 0.2) is 0 Å². The Labute approximate surface area is 152 Å². The number of aryl methyl sites for hydroxylation is 1. The van der Waals surface area contributed by atoms with Gasteiger partial charge in [0.25, 0.3) is 11.5 Å². The van der Waals surface area contributed by atoms with E-state index >= 15 is 0 Å². The van der Waals surface area contributed by atoms with Crippen LogP contribution < -0.4 is 10.9 Å². The molecule has 0 saturated heterocycles. The summed E-state index contributed by atoms with van der Waals surface area (Å²) < 4.78 is 0. The molecular formula is C19H14N4O2S. The zero-order valence-corrected chi connectivity index (χ0v) is 14.6. The molecule has 26 heavy (non-hydrogen) atoms. The van der Waals surface area contributed by atoms with Gasteiger partial charge in [-0.05, 0) is 24.6 Å². The molecule has 0 aliphatic carbocycles. The lowest BCUT2D eigenvalue weighted by Crippen LogP contribution is -2.15. The van der Waals surface area contributed by atoms with Crippen molar-refractivity contribution in [3.63, 3.8) is 0 Å². The molecule has 2 heterocycles. The van der Waals surface area contributed by atoms with Crippen LogP contribution in [0.2, 0.25) is 0 Å². The Hall–Kier alpha value is -3.32. The molecule has 4 rings (SSSR count). The molecule has 0 atom stereocenters. The molecule has 0 unspecified atom stereocenters. The van der Waals surface area contributed by atoms with Gasteiger partial charge in [-0.2, -0.15) is 0 Å². The summed E-state index contributed by atoms with van der Waals surface area (Å²) in [6.45, 7) is 1.87. The number of hydrogen-bond donors (Lipinski definition) is 2. The number of amides is 1. The van der Waals surface area contributed by atoms with Crippen LogP contribution in [0.15, 0.2) is 59.7 Å². The predicted octanol–water partition coefficient (Wildman–Crippen LogP) is 3.61. The average Bonchev–Trinajstić information content (AvgIpc) is 3.05. The highest BCUT2D eigenvalue weighted by atomic mass is 32.1. The van der Waals surface area contributed by atoms with Crippen LogP contribution in [-0.2, 0) is 0 Å². The average molecular weight is 362 g/mol. The normalized spacial score (nSPS) is 10.8. The molecule has 0 bridgehead atoms. The van der Waals surface area contributed by atoms with E-state index in [-0.39, 0.29) is 11.5 Å². The Bertz CT molecular complexity index is 1170. The van der Waals surface area contributed by atoms with Gasteiger partial charge in [-0.15, -0.1) is 11.3 Å². The van der Waals surface area contributed by atoms with E-state index in [2.05, 4.69) is 20.3 Å². The van der Waals surface area contributed by atoms with E-state index in [1.54, 1.807) is 18.2 Å². The molecule has 0 aliphatic rings. The van der Waals surface area contributed by atoms with Crippen molar-refractivity contribution in [3.8, 4) is 10.4 Å². The van der Waals surface area contributed by atoms with Crippen LogP contribution in [-0.4, -0.2) is 20.9 Å². The second kappa shape index (κ2) is 6.53. The zero-order valence-electron chi connectivity index (χ0n) is 13.8. The van der Waals surface area contributed by atoms with Crippen molar-refractivity contribution in [1.82, 2.24) is 15.0 Å². The van der Waals surface area contributed by atoms with Crippen LogP contribution in [0.3, 0.4) is 0 Å². The fraction of sp³-hybridized carbons (Fsp3) is 0.0526. The Morgan fingerprint density at radius 2 is 1.92 bits per heavy atom. The Balaban J connectivity index is 1.75. The topological polar surface area (TPSA) is 87.7 Å². The van der Waals surface area contributed by atoms with Gasteiger partial charge in [-0.1, -0.05) is 36.4 Å². The Morgan fingerprint density at radius 3 is 2.73 bits per heavy atom. The minimum absolute atomic E-state index is 0.249. The summed E-state index contributed by atoms with van der Waals surface area (Å²) in [5.74, 6) is -0.331. The van der Waals surface area contributed by atoms with Crippen LogP contribution in [0, 0.1) is 6.92 Å². The Kier molecular flexibility index (Phi) is 4.06. The van der Waals surface area contributed by atoms with E-state index in [4.69, 9.17) is 0 Å². The molecule has 128 valence electrons. The number of thiazole rings is 1. The predicted molar refractivity (Wildman–Crippen MR) is 103 cm³/mol. The number of rotatable bonds is 3. The number of para-hydroxylation sites is 1. The number of hydrogen-bond acceptors (Lipinski definition) is 5. The number of fused-ring (bicyclic) bond motifs is 1. The van der Waals surface area contributed by atoms with E-state index < -0.39 is 0 Å². The number of nitrogens with one attached hydrogen (secondary N) is 2. The molecule has 0 spiro atoms. The number of benzene rings is 2. The molecule has 0 aliphatic heterocycles. The molecule has 2 N–H and O–H groups in total. The molecule has 6 nitrogen and oxygen atoms in total. The number of H-pyrrole nitrogens is 1. The van der Waals surface area contributed by atoms with Crippen molar-refractivity contribution in [3.05, 3.63) is 75.9 Å². The van der Waals surface area contributed by atoms with E-state index in [0.29, 0.717) is 22.3 Å². The lowest BCUT2D eigenvalue weighted by atomic mass is 10.1. The highest BCUT2D eigenvalue weighted by molar-refractivity contribution is 7.15. The number of carbonyl (C=O) groups excluding carboxylic acids is 1. The first-order chi connectivity index (χ1) is 12.6. The van der Waals surface area contributed by atoms with Crippen LogP contribution >= 0.6 is 11.3 Å². The summed E-state index contributed by atoms with van der Waals surface area (Å²) in [5, 5.41) is 4.07. The highest BCUT2D eigenvalue weighted by Crippen LogP contribution is 2.31. The van der Waals surface area contributed by atoms with Gasteiger partial charge in [0.2, 0.25) is 0 Å². The summed E-state index contributed by atoms with van der Waals surface area (Å²) >= 11 is 1.47. The van der Waals surface area contributed by atoms with Gasteiger partial charge in [0, 0.05) is 0 Å². The van der Waals surface area contributed by atoms with Crippen LogP contribution in [0.4, 0.5) is 5.69 Å². The van der Waals surface area contributed by atoms with E-state index in [1.165, 1.54) is 17.7 Å². The van der Waals surface area contributed by atoms with Crippen LogP contribution in [0.25, 0.3) is 21.3 Å². The molecule has 1 amide bonds. The zero-order chi connectivity index (χ0) is 18.1. The summed E-state index contributed by atoms with van der Waals surface area (Å²) in [4.78, 5) is 36.7. The molecule has 0 saturated carbocycles. The van der Waals surface area contributed by atoms with E-state index in [1.807, 2.05) is 37.3 Å². The van der Waals surface area contributed by atoms with Crippen molar-refractivity contribution < 1.29 is 4.79 Å². The first kappa shape index (κ1) is 16.2. The van der Waals surface area contributed by atoms with E-state index in [0.717, 1.165) is 15.4 Å². The summed E-state index contributed by atoms with van der Waals surface area (Å²) in [7, 11) is 0. The highest BCUT2D eigenvalue weighted by Gasteiger charge is 2.19. The van der Waals surface area contributed by atoms with Crippen LogP contribution in [0.1, 0.15) is 15.5 Å². The molecule has 2 aromatic heterocycles. The first-order valence-corrected chi connectivity index (χ1v) is 8.76. The second-order valence-corrected chi connectivity index (χ2v) is 6.87. The number of aromatic nitrogens is 3. The molecule has 2 aromatic carbocycles. The van der Waals surface area contributed by atoms with Crippen molar-refractivity contribution in [1.29, 1.82) is 0 Å². The number of nitrogens with zero attached hydrogens (tertiary/aromatic N) is 2. The van der Waals surface area contributed by atoms with Crippen molar-refractivity contribution in [2.75, 3.05) is 5.32 Å². The Morgan fingerprint density at radius 1 is 1.12 bits per heavy atom. The largest absolute Gasteiger partial charge is 0.319 e. The third kappa shape index (κ3) is 2.89. The first-order valence-electron chi connectivity index (χ1n) is 7.94. The summed E-state index contributed by atoms with van der Waals surface area (Å²) in [5.41, 5.74) is 1.97. The minimum Gasteiger partial charge on any atom is -0.319 e. The van der Waals surface area contributed by atoms with Crippen molar-refractivity contribution in [2.45, 2.75) is 6.92 Å². The summed E-state index contributed by atoms with van der Waals surface area (Å²) in [6, 6.07) is 14.8. The maximum absolute atomic E-state index is 12.9. The summed E-state index contributed by atoms with van der Waals surface area (Å²) in [6.07, 6.45) is 1.32. The van der Waals surface area contributed by atoms with Crippen molar-refractivity contribution in [2.24, 2.45) is 0 Å². The molecule has 0 fully saturated rings. The fourth-order valence-electron chi connectivity index (χ4n) is 2.75. The fourth-order valence-corrected chi connectivity index (χ4v) is 3.67. The van der Waals surface area contributed by atoms with Gasteiger partial charge in [-0.3, -0.25) is 9.59 Å². The lowest BCUT2D eigenvalue weighted by molar-refractivity contribution is 0.102. The molecular weight excluding hydrogens is 348 g/mol. The van der Waals surface area contributed by atoms with Crippen LogP contribution in [0.5, 0.6) is 0 Å². The third-order valence-corrected chi connectivity index (χ3v) is 4.92. The quantitative estimate of drug-likeness (QED) is 0.583. The number of anilines is 1. The smallest absolute Gasteiger partial charge is 0.275 e. The SMILES string of the molecule is Cc1nc(C(=O)Nc2cccc3c(=O)[nH]cnc23)c(-c2ccccc2)s1. The van der Waals surface area contributed by atoms with Gasteiger partial charge in [0.05, 0.1) is 27.3 Å². The van der Waals surface area contributed by atoms with Crippen molar-refractivity contribution >= 4 is 33.8 Å². The molecule has 0 radical (unpaired) electrons. The third-order valence-electron chi connectivity index (χ3n) is 3.90. The lowest BCUT2D eigenvalue weighted by Gasteiger charge is -2.07. The number of aromatic amines is 1. The maximum Gasteiger partial charge on any atom is 0.275 e. The molecule has 7 heteroatoms. The second-order valence-electron chi connectivity index (χ2n) is 5.66. The molecule has 4 aromatic rings. The number of carbonyl (C=O) groups is 1. The van der Waals surface area contributed by atoms with Gasteiger partial charge >= 0.3 is 0 Å².